The largest absolute Gasteiger partial charge is 0.382 e. The van der Waals surface area contributed by atoms with Gasteiger partial charge in [0.15, 0.2) is 0 Å². The zero-order chi connectivity index (χ0) is 13.0. The minimum Gasteiger partial charge on any atom is -0.382 e. The van der Waals surface area contributed by atoms with Gasteiger partial charge in [-0.25, -0.2) is 4.98 Å². The second-order valence-electron chi connectivity index (χ2n) is 4.93. The molecule has 1 aliphatic rings. The summed E-state index contributed by atoms with van der Waals surface area (Å²) >= 11 is 0. The molecule has 1 aromatic rings. The van der Waals surface area contributed by atoms with Crippen LogP contribution < -0.4 is 10.6 Å². The Hall–Kier alpha value is -1.58. The van der Waals surface area contributed by atoms with Gasteiger partial charge in [0.1, 0.15) is 17.3 Å². The number of pyridine rings is 1. The van der Waals surface area contributed by atoms with Crippen LogP contribution >= 0.6 is 0 Å². The SMILES string of the molecule is CCCC1CCCCN1c1cccc(C(=N)N)n1. The van der Waals surface area contributed by atoms with E-state index in [9.17, 15) is 0 Å². The summed E-state index contributed by atoms with van der Waals surface area (Å²) in [5.74, 6) is 1.02. The molecule has 0 aliphatic carbocycles. The van der Waals surface area contributed by atoms with Gasteiger partial charge in [-0.05, 0) is 37.8 Å². The van der Waals surface area contributed by atoms with E-state index >= 15 is 0 Å². The van der Waals surface area contributed by atoms with Crippen molar-refractivity contribution in [2.24, 2.45) is 5.73 Å². The van der Waals surface area contributed by atoms with Gasteiger partial charge in [0.05, 0.1) is 0 Å². The molecule has 1 aromatic heterocycles. The van der Waals surface area contributed by atoms with E-state index in [0.717, 1.165) is 12.4 Å². The highest BCUT2D eigenvalue weighted by Crippen LogP contribution is 2.25. The van der Waals surface area contributed by atoms with Gasteiger partial charge < -0.3 is 10.6 Å². The van der Waals surface area contributed by atoms with Crippen LogP contribution in [-0.2, 0) is 0 Å². The summed E-state index contributed by atoms with van der Waals surface area (Å²) in [6.07, 6.45) is 6.21. The van der Waals surface area contributed by atoms with Crippen molar-refractivity contribution >= 4 is 11.7 Å². The molecule has 1 aliphatic heterocycles. The summed E-state index contributed by atoms with van der Waals surface area (Å²) in [7, 11) is 0. The number of hydrogen-bond acceptors (Lipinski definition) is 3. The number of nitrogens with zero attached hydrogens (tertiary/aromatic N) is 2. The van der Waals surface area contributed by atoms with Crippen molar-refractivity contribution in [1.29, 1.82) is 5.41 Å². The van der Waals surface area contributed by atoms with Gasteiger partial charge in [-0.15, -0.1) is 0 Å². The second-order valence-corrected chi connectivity index (χ2v) is 4.93. The minimum absolute atomic E-state index is 0.0425. The Kier molecular flexibility index (Phi) is 4.18. The highest BCUT2D eigenvalue weighted by molar-refractivity contribution is 5.93. The van der Waals surface area contributed by atoms with Gasteiger partial charge in [-0.1, -0.05) is 19.4 Å². The fourth-order valence-corrected chi connectivity index (χ4v) is 2.67. The van der Waals surface area contributed by atoms with Crippen molar-refractivity contribution < 1.29 is 0 Å². The van der Waals surface area contributed by atoms with Gasteiger partial charge in [-0.2, -0.15) is 0 Å². The molecule has 2 heterocycles. The first-order valence-corrected chi connectivity index (χ1v) is 6.80. The Bertz CT molecular complexity index is 414. The number of nitrogens with one attached hydrogen (secondary N) is 1. The summed E-state index contributed by atoms with van der Waals surface area (Å²) < 4.78 is 0. The van der Waals surface area contributed by atoms with Gasteiger partial charge >= 0.3 is 0 Å². The normalized spacial score (nSPS) is 19.8. The lowest BCUT2D eigenvalue weighted by molar-refractivity contribution is 0.432. The molecule has 98 valence electrons. The lowest BCUT2D eigenvalue weighted by Crippen LogP contribution is -2.40. The number of rotatable bonds is 4. The summed E-state index contributed by atoms with van der Waals surface area (Å²) in [6, 6.07) is 6.36. The minimum atomic E-state index is 0.0425. The smallest absolute Gasteiger partial charge is 0.141 e. The maximum absolute atomic E-state index is 7.47. The van der Waals surface area contributed by atoms with Crippen molar-refractivity contribution in [3.8, 4) is 0 Å². The van der Waals surface area contributed by atoms with Crippen molar-refractivity contribution in [1.82, 2.24) is 4.98 Å². The van der Waals surface area contributed by atoms with Crippen LogP contribution in [0.3, 0.4) is 0 Å². The summed E-state index contributed by atoms with van der Waals surface area (Å²) in [6.45, 7) is 3.30. The van der Waals surface area contributed by atoms with Crippen LogP contribution in [0.4, 0.5) is 5.82 Å². The monoisotopic (exact) mass is 246 g/mol. The number of amidine groups is 1. The third kappa shape index (κ3) is 2.81. The topological polar surface area (TPSA) is 66.0 Å². The Morgan fingerprint density at radius 1 is 1.50 bits per heavy atom. The third-order valence-corrected chi connectivity index (χ3v) is 3.55. The maximum Gasteiger partial charge on any atom is 0.141 e. The van der Waals surface area contributed by atoms with E-state index < -0.39 is 0 Å². The Labute approximate surface area is 109 Å². The molecule has 0 radical (unpaired) electrons. The predicted molar refractivity (Wildman–Crippen MR) is 75.1 cm³/mol. The molecule has 0 amide bonds. The van der Waals surface area contributed by atoms with E-state index in [0.29, 0.717) is 11.7 Å². The molecule has 1 atom stereocenters. The summed E-state index contributed by atoms with van der Waals surface area (Å²) in [4.78, 5) is 6.89. The van der Waals surface area contributed by atoms with Crippen LogP contribution in [0.2, 0.25) is 0 Å². The van der Waals surface area contributed by atoms with Crippen LogP contribution in [0, 0.1) is 5.41 Å². The van der Waals surface area contributed by atoms with Gasteiger partial charge in [0.2, 0.25) is 0 Å². The molecule has 0 saturated carbocycles. The number of aromatic nitrogens is 1. The molecule has 3 N–H and O–H groups in total. The Balaban J connectivity index is 2.22. The van der Waals surface area contributed by atoms with E-state index in [1.807, 2.05) is 12.1 Å². The van der Waals surface area contributed by atoms with Crippen molar-refractivity contribution in [3.63, 3.8) is 0 Å². The molecule has 0 spiro atoms. The van der Waals surface area contributed by atoms with E-state index in [2.05, 4.69) is 16.8 Å². The maximum atomic E-state index is 7.47. The molecule has 1 saturated heterocycles. The zero-order valence-corrected chi connectivity index (χ0v) is 11.0. The molecule has 1 unspecified atom stereocenters. The molecular formula is C14H22N4. The van der Waals surface area contributed by atoms with Crippen molar-refractivity contribution in [3.05, 3.63) is 23.9 Å². The van der Waals surface area contributed by atoms with Crippen molar-refractivity contribution in [2.45, 2.75) is 45.1 Å². The van der Waals surface area contributed by atoms with Crippen LogP contribution in [0.15, 0.2) is 18.2 Å². The predicted octanol–water partition coefficient (Wildman–Crippen LogP) is 2.52. The average molecular weight is 246 g/mol. The lowest BCUT2D eigenvalue weighted by Gasteiger charge is -2.36. The quantitative estimate of drug-likeness (QED) is 0.633. The lowest BCUT2D eigenvalue weighted by atomic mass is 9.98. The van der Waals surface area contributed by atoms with Crippen molar-refractivity contribution in [2.75, 3.05) is 11.4 Å². The second kappa shape index (κ2) is 5.85. The summed E-state index contributed by atoms with van der Waals surface area (Å²) in [5, 5.41) is 7.47. The molecule has 2 rings (SSSR count). The first kappa shape index (κ1) is 12.9. The summed E-state index contributed by atoms with van der Waals surface area (Å²) in [5.41, 5.74) is 6.08. The van der Waals surface area contributed by atoms with Gasteiger partial charge in [-0.3, -0.25) is 5.41 Å². The Morgan fingerprint density at radius 3 is 3.06 bits per heavy atom. The molecule has 0 bridgehead atoms. The number of nitrogen functional groups attached to an aromatic ring is 1. The van der Waals surface area contributed by atoms with E-state index in [1.165, 1.54) is 32.1 Å². The van der Waals surface area contributed by atoms with Gasteiger partial charge in [0, 0.05) is 12.6 Å². The average Bonchev–Trinajstić information content (AvgIpc) is 2.40. The van der Waals surface area contributed by atoms with Crippen LogP contribution in [0.25, 0.3) is 0 Å². The molecule has 4 nitrogen and oxygen atoms in total. The number of anilines is 1. The van der Waals surface area contributed by atoms with Crippen LogP contribution in [0.1, 0.15) is 44.7 Å². The number of nitrogens with two attached hydrogens (primary N) is 1. The highest BCUT2D eigenvalue weighted by atomic mass is 15.2. The molecule has 1 fully saturated rings. The number of piperidine rings is 1. The van der Waals surface area contributed by atoms with Gasteiger partial charge in [0.25, 0.3) is 0 Å². The molecule has 18 heavy (non-hydrogen) atoms. The fraction of sp³-hybridized carbons (Fsp3) is 0.571. The molecule has 0 aromatic carbocycles. The third-order valence-electron chi connectivity index (χ3n) is 3.55. The standard InChI is InChI=1S/C14H22N4/c1-2-6-11-7-3-4-10-18(11)13-9-5-8-12(17-13)14(15)16/h5,8-9,11H,2-4,6-7,10H2,1H3,(H3,15,16). The first-order valence-electron chi connectivity index (χ1n) is 6.80. The highest BCUT2D eigenvalue weighted by Gasteiger charge is 2.22. The molecular weight excluding hydrogens is 224 g/mol. The fourth-order valence-electron chi connectivity index (χ4n) is 2.67. The van der Waals surface area contributed by atoms with E-state index in [-0.39, 0.29) is 5.84 Å². The number of hydrogen-bond donors (Lipinski definition) is 2. The van der Waals surface area contributed by atoms with E-state index in [1.54, 1.807) is 6.07 Å². The molecule has 4 heteroatoms. The van der Waals surface area contributed by atoms with Crippen LogP contribution in [0.5, 0.6) is 0 Å². The zero-order valence-electron chi connectivity index (χ0n) is 11.0. The van der Waals surface area contributed by atoms with E-state index in [4.69, 9.17) is 11.1 Å². The first-order chi connectivity index (χ1) is 8.72. The van der Waals surface area contributed by atoms with Crippen LogP contribution in [-0.4, -0.2) is 23.4 Å². The Morgan fingerprint density at radius 2 is 2.33 bits per heavy atom.